The number of hydrogen-bond donors (Lipinski definition) is 0. The summed E-state index contributed by atoms with van der Waals surface area (Å²) < 4.78 is 0. The van der Waals surface area contributed by atoms with E-state index < -0.39 is 0 Å². The molecule has 0 saturated carbocycles. The Morgan fingerprint density at radius 2 is 1.71 bits per heavy atom. The third kappa shape index (κ3) is 3.37. The second kappa shape index (κ2) is 7.68. The third-order valence-corrected chi connectivity index (χ3v) is 9.06. The standard InChI is InChI=1S/C27H22O2S2/c28-24-9-10-30-26-14-17-6-7-18(11-20(17)12-22(24)26)23-15-31-27-19(13-25(23)29)8-5-16-3-1-2-4-21(16)27/h1-4,6-7,11-12,14,23H,5,8-10,13,15H2. The van der Waals surface area contributed by atoms with Crippen LogP contribution in [-0.2, 0) is 11.2 Å². The smallest absolute Gasteiger partial charge is 0.164 e. The molecule has 2 nitrogen and oxygen atoms in total. The van der Waals surface area contributed by atoms with Gasteiger partial charge in [0.05, 0.1) is 5.92 Å². The van der Waals surface area contributed by atoms with Crippen LogP contribution in [0, 0.1) is 0 Å². The second-order valence-corrected chi connectivity index (χ2v) is 10.7. The van der Waals surface area contributed by atoms with Crippen molar-refractivity contribution in [1.82, 2.24) is 0 Å². The van der Waals surface area contributed by atoms with Crippen LogP contribution in [0.1, 0.15) is 52.2 Å². The summed E-state index contributed by atoms with van der Waals surface area (Å²) in [5.41, 5.74) is 5.96. The highest BCUT2D eigenvalue weighted by Gasteiger charge is 2.30. The van der Waals surface area contributed by atoms with Crippen LogP contribution in [0.25, 0.3) is 15.7 Å². The molecule has 154 valence electrons. The highest BCUT2D eigenvalue weighted by atomic mass is 32.2. The lowest BCUT2D eigenvalue weighted by Crippen LogP contribution is -2.14. The molecule has 0 amide bonds. The van der Waals surface area contributed by atoms with Crippen molar-refractivity contribution in [3.63, 3.8) is 0 Å². The molecule has 6 rings (SSSR count). The first-order valence-corrected chi connectivity index (χ1v) is 12.8. The molecule has 2 heterocycles. The van der Waals surface area contributed by atoms with Gasteiger partial charge in [-0.15, -0.1) is 23.5 Å². The van der Waals surface area contributed by atoms with Crippen LogP contribution in [-0.4, -0.2) is 23.1 Å². The molecule has 1 unspecified atom stereocenters. The van der Waals surface area contributed by atoms with E-state index in [1.807, 2.05) is 17.8 Å². The molecule has 0 saturated heterocycles. The Labute approximate surface area is 190 Å². The minimum absolute atomic E-state index is 0.103. The largest absolute Gasteiger partial charge is 0.299 e. The van der Waals surface area contributed by atoms with Gasteiger partial charge in [-0.05, 0) is 58.0 Å². The van der Waals surface area contributed by atoms with Crippen molar-refractivity contribution in [2.75, 3.05) is 11.5 Å². The highest BCUT2D eigenvalue weighted by Crippen LogP contribution is 2.45. The maximum Gasteiger partial charge on any atom is 0.164 e. The highest BCUT2D eigenvalue weighted by molar-refractivity contribution is 8.08. The Morgan fingerprint density at radius 1 is 0.806 bits per heavy atom. The molecule has 3 aromatic carbocycles. The molecular weight excluding hydrogens is 420 g/mol. The van der Waals surface area contributed by atoms with Gasteiger partial charge in [0.25, 0.3) is 0 Å². The maximum absolute atomic E-state index is 13.3. The molecule has 31 heavy (non-hydrogen) atoms. The summed E-state index contributed by atoms with van der Waals surface area (Å²) in [6, 6.07) is 19.2. The van der Waals surface area contributed by atoms with Crippen LogP contribution in [0.3, 0.4) is 0 Å². The summed E-state index contributed by atoms with van der Waals surface area (Å²) in [4.78, 5) is 28.1. The number of aryl methyl sites for hydroxylation is 1. The fraction of sp³-hybridized carbons (Fsp3) is 0.259. The first-order valence-electron chi connectivity index (χ1n) is 10.9. The molecule has 0 aromatic heterocycles. The van der Waals surface area contributed by atoms with Gasteiger partial charge in [0.15, 0.2) is 5.78 Å². The molecule has 4 heteroatoms. The van der Waals surface area contributed by atoms with Crippen molar-refractivity contribution in [1.29, 1.82) is 0 Å². The number of fused-ring (bicyclic) bond motifs is 4. The van der Waals surface area contributed by atoms with Gasteiger partial charge in [-0.2, -0.15) is 0 Å². The number of allylic oxidation sites excluding steroid dienone is 1. The van der Waals surface area contributed by atoms with E-state index in [4.69, 9.17) is 0 Å². The Balaban J connectivity index is 1.35. The van der Waals surface area contributed by atoms with Crippen LogP contribution >= 0.6 is 23.5 Å². The Morgan fingerprint density at radius 3 is 2.65 bits per heavy atom. The van der Waals surface area contributed by atoms with Crippen molar-refractivity contribution in [3.05, 3.63) is 82.4 Å². The summed E-state index contributed by atoms with van der Waals surface area (Å²) in [5.74, 6) is 2.09. The maximum atomic E-state index is 13.3. The van der Waals surface area contributed by atoms with Crippen molar-refractivity contribution < 1.29 is 9.59 Å². The fourth-order valence-corrected chi connectivity index (χ4v) is 7.50. The Bertz CT molecular complexity index is 1290. The molecule has 0 fully saturated rings. The van der Waals surface area contributed by atoms with Gasteiger partial charge in [-0.1, -0.05) is 42.5 Å². The summed E-state index contributed by atoms with van der Waals surface area (Å²) in [6.07, 6.45) is 3.18. The van der Waals surface area contributed by atoms with E-state index in [0.717, 1.165) is 51.1 Å². The predicted molar refractivity (Wildman–Crippen MR) is 130 cm³/mol. The van der Waals surface area contributed by atoms with Gasteiger partial charge in [0, 0.05) is 39.7 Å². The lowest BCUT2D eigenvalue weighted by molar-refractivity contribution is -0.119. The van der Waals surface area contributed by atoms with Crippen LogP contribution in [0.4, 0.5) is 0 Å². The molecular formula is C27H22O2S2. The third-order valence-electron chi connectivity index (χ3n) is 6.70. The summed E-state index contributed by atoms with van der Waals surface area (Å²) in [7, 11) is 0. The van der Waals surface area contributed by atoms with Gasteiger partial charge < -0.3 is 0 Å². The minimum atomic E-state index is -0.103. The molecule has 2 aliphatic heterocycles. The van der Waals surface area contributed by atoms with E-state index in [9.17, 15) is 9.59 Å². The molecule has 0 radical (unpaired) electrons. The molecule has 0 bridgehead atoms. The molecule has 0 spiro atoms. The average Bonchev–Trinajstić information content (AvgIpc) is 2.96. The van der Waals surface area contributed by atoms with Crippen LogP contribution < -0.4 is 0 Å². The van der Waals surface area contributed by atoms with Crippen molar-refractivity contribution in [2.24, 2.45) is 0 Å². The Hall–Kier alpha value is -2.30. The van der Waals surface area contributed by atoms with Crippen LogP contribution in [0.15, 0.2) is 65.1 Å². The van der Waals surface area contributed by atoms with Crippen LogP contribution in [0.5, 0.6) is 0 Å². The van der Waals surface area contributed by atoms with E-state index in [2.05, 4.69) is 48.5 Å². The first-order chi connectivity index (χ1) is 15.2. The van der Waals surface area contributed by atoms with Gasteiger partial charge >= 0.3 is 0 Å². The van der Waals surface area contributed by atoms with Crippen molar-refractivity contribution in [2.45, 2.75) is 36.5 Å². The topological polar surface area (TPSA) is 34.1 Å². The number of Topliss-reactive ketones (excluding diaryl/α,β-unsaturated/α-hetero) is 2. The molecule has 3 aliphatic rings. The number of benzene rings is 3. The van der Waals surface area contributed by atoms with E-state index in [1.165, 1.54) is 21.6 Å². The van der Waals surface area contributed by atoms with E-state index in [-0.39, 0.29) is 11.7 Å². The molecule has 3 aromatic rings. The fourth-order valence-electron chi connectivity index (χ4n) is 5.01. The van der Waals surface area contributed by atoms with E-state index in [0.29, 0.717) is 18.6 Å². The quantitative estimate of drug-likeness (QED) is 0.422. The zero-order valence-corrected chi connectivity index (χ0v) is 18.8. The lowest BCUT2D eigenvalue weighted by Gasteiger charge is -2.21. The molecule has 1 atom stereocenters. The number of rotatable bonds is 1. The van der Waals surface area contributed by atoms with Gasteiger partial charge in [0.2, 0.25) is 0 Å². The summed E-state index contributed by atoms with van der Waals surface area (Å²) >= 11 is 3.61. The normalized spacial score (nSPS) is 20.8. The van der Waals surface area contributed by atoms with Crippen molar-refractivity contribution in [3.8, 4) is 0 Å². The predicted octanol–water partition coefficient (Wildman–Crippen LogP) is 6.67. The summed E-state index contributed by atoms with van der Waals surface area (Å²) in [5, 5.41) is 2.21. The zero-order chi connectivity index (χ0) is 20.9. The van der Waals surface area contributed by atoms with Crippen molar-refractivity contribution >= 4 is 50.8 Å². The minimum Gasteiger partial charge on any atom is -0.299 e. The molecule has 0 N–H and O–H groups in total. The lowest BCUT2D eigenvalue weighted by atomic mass is 9.86. The van der Waals surface area contributed by atoms with Gasteiger partial charge in [-0.3, -0.25) is 9.59 Å². The number of ketones is 2. The summed E-state index contributed by atoms with van der Waals surface area (Å²) in [6.45, 7) is 0. The van der Waals surface area contributed by atoms with Gasteiger partial charge in [0.1, 0.15) is 5.78 Å². The SMILES string of the molecule is O=C1CCSc2cc3ccc(C4CSC5=C(CCc6ccccc65)CC4=O)cc3cc21. The van der Waals surface area contributed by atoms with Gasteiger partial charge in [-0.25, -0.2) is 0 Å². The number of thioether (sulfide) groups is 2. The number of hydrogen-bond acceptors (Lipinski definition) is 4. The average molecular weight is 443 g/mol. The van der Waals surface area contributed by atoms with E-state index in [1.54, 1.807) is 11.8 Å². The number of carbonyl (C=O) groups is 2. The molecule has 1 aliphatic carbocycles. The zero-order valence-electron chi connectivity index (χ0n) is 17.1. The monoisotopic (exact) mass is 442 g/mol. The Kier molecular flexibility index (Phi) is 4.81. The van der Waals surface area contributed by atoms with Crippen LogP contribution in [0.2, 0.25) is 0 Å². The first kappa shape index (κ1) is 19.4. The number of carbonyl (C=O) groups excluding carboxylic acids is 2. The van der Waals surface area contributed by atoms with E-state index >= 15 is 0 Å². The second-order valence-electron chi connectivity index (χ2n) is 8.57.